The summed E-state index contributed by atoms with van der Waals surface area (Å²) in [7, 11) is 0. The van der Waals surface area contributed by atoms with Crippen molar-refractivity contribution in [1.82, 2.24) is 0 Å². The number of carbonyl (C=O) groups is 1. The Morgan fingerprint density at radius 2 is 1.73 bits per heavy atom. The molecule has 0 saturated carbocycles. The third-order valence-corrected chi connectivity index (χ3v) is 4.31. The molecule has 1 heterocycles. The summed E-state index contributed by atoms with van der Waals surface area (Å²) < 4.78 is 0. The van der Waals surface area contributed by atoms with Crippen molar-refractivity contribution in [3.05, 3.63) is 65.7 Å². The molecule has 1 fully saturated rings. The largest absolute Gasteiger partial charge is 0.481 e. The van der Waals surface area contributed by atoms with Crippen LogP contribution in [-0.4, -0.2) is 23.7 Å². The second kappa shape index (κ2) is 6.65. The molecule has 1 aliphatic heterocycles. The Labute approximate surface area is 131 Å². The molecule has 2 aromatic rings. The van der Waals surface area contributed by atoms with Crippen LogP contribution in [0.1, 0.15) is 30.4 Å². The van der Waals surface area contributed by atoms with Crippen LogP contribution in [0.15, 0.2) is 54.6 Å². The van der Waals surface area contributed by atoms with Crippen LogP contribution >= 0.6 is 0 Å². The Balaban J connectivity index is 1.70. The predicted octanol–water partition coefficient (Wildman–Crippen LogP) is 3.72. The normalized spacial score (nSPS) is 17.6. The monoisotopic (exact) mass is 295 g/mol. The summed E-state index contributed by atoms with van der Waals surface area (Å²) in [6.07, 6.45) is 3.20. The fraction of sp³-hybridized carbons (Fsp3) is 0.316. The van der Waals surface area contributed by atoms with E-state index in [-0.39, 0.29) is 12.5 Å². The van der Waals surface area contributed by atoms with Crippen LogP contribution in [0.3, 0.4) is 0 Å². The first kappa shape index (κ1) is 14.6. The van der Waals surface area contributed by atoms with E-state index in [4.69, 9.17) is 5.11 Å². The van der Waals surface area contributed by atoms with Gasteiger partial charge >= 0.3 is 5.97 Å². The number of carboxylic acids is 1. The van der Waals surface area contributed by atoms with E-state index in [0.717, 1.165) is 31.5 Å². The Hall–Kier alpha value is -2.29. The van der Waals surface area contributed by atoms with Gasteiger partial charge in [-0.3, -0.25) is 4.79 Å². The standard InChI is InChI=1S/C19H21NO2/c21-19(22)14-18-7-4-12-20(18)17-10-8-16(9-11-17)13-15-5-2-1-3-6-15/h1-3,5-6,8-11,18H,4,7,12-14H2,(H,21,22)/t18-/m0/s1. The summed E-state index contributed by atoms with van der Waals surface area (Å²) in [5, 5.41) is 9.02. The molecule has 0 spiro atoms. The molecule has 3 rings (SSSR count). The third kappa shape index (κ3) is 3.48. The topological polar surface area (TPSA) is 40.5 Å². The SMILES string of the molecule is O=C(O)C[C@@H]1CCCN1c1ccc(Cc2ccccc2)cc1. The van der Waals surface area contributed by atoms with E-state index in [2.05, 4.69) is 53.4 Å². The lowest BCUT2D eigenvalue weighted by Crippen LogP contribution is -2.31. The van der Waals surface area contributed by atoms with E-state index >= 15 is 0 Å². The number of hydrogen-bond acceptors (Lipinski definition) is 2. The predicted molar refractivity (Wildman–Crippen MR) is 88.3 cm³/mol. The van der Waals surface area contributed by atoms with Gasteiger partial charge < -0.3 is 10.0 Å². The van der Waals surface area contributed by atoms with Gasteiger partial charge in [0, 0.05) is 18.3 Å². The van der Waals surface area contributed by atoms with Crippen LogP contribution in [-0.2, 0) is 11.2 Å². The molecule has 1 saturated heterocycles. The molecule has 2 aromatic carbocycles. The summed E-state index contributed by atoms with van der Waals surface area (Å²) >= 11 is 0. The van der Waals surface area contributed by atoms with Crippen molar-refractivity contribution in [3.8, 4) is 0 Å². The zero-order valence-corrected chi connectivity index (χ0v) is 12.6. The van der Waals surface area contributed by atoms with Crippen LogP contribution in [0, 0.1) is 0 Å². The van der Waals surface area contributed by atoms with Crippen LogP contribution in [0.25, 0.3) is 0 Å². The lowest BCUT2D eigenvalue weighted by Gasteiger charge is -2.25. The lowest BCUT2D eigenvalue weighted by molar-refractivity contribution is -0.137. The molecular weight excluding hydrogens is 274 g/mol. The first-order valence-electron chi connectivity index (χ1n) is 7.83. The summed E-state index contributed by atoms with van der Waals surface area (Å²) in [5.41, 5.74) is 3.73. The number of anilines is 1. The molecule has 0 radical (unpaired) electrons. The van der Waals surface area contributed by atoms with Gasteiger partial charge in [-0.1, -0.05) is 42.5 Å². The van der Waals surface area contributed by atoms with Crippen molar-refractivity contribution in [2.24, 2.45) is 0 Å². The molecule has 1 N–H and O–H groups in total. The minimum atomic E-state index is -0.711. The first-order valence-corrected chi connectivity index (χ1v) is 7.83. The Kier molecular flexibility index (Phi) is 4.42. The number of hydrogen-bond donors (Lipinski definition) is 1. The molecule has 0 aromatic heterocycles. The van der Waals surface area contributed by atoms with Crippen LogP contribution in [0.5, 0.6) is 0 Å². The highest BCUT2D eigenvalue weighted by atomic mass is 16.4. The van der Waals surface area contributed by atoms with Crippen molar-refractivity contribution in [2.45, 2.75) is 31.7 Å². The van der Waals surface area contributed by atoms with Gasteiger partial charge in [0.15, 0.2) is 0 Å². The van der Waals surface area contributed by atoms with E-state index in [1.807, 2.05) is 6.07 Å². The number of aliphatic carboxylic acids is 1. The molecule has 0 unspecified atom stereocenters. The van der Waals surface area contributed by atoms with E-state index < -0.39 is 5.97 Å². The molecule has 0 bridgehead atoms. The summed E-state index contributed by atoms with van der Waals surface area (Å²) in [5.74, 6) is -0.711. The highest BCUT2D eigenvalue weighted by molar-refractivity contribution is 5.69. The lowest BCUT2D eigenvalue weighted by atomic mass is 10.0. The Morgan fingerprint density at radius 3 is 2.41 bits per heavy atom. The van der Waals surface area contributed by atoms with E-state index in [9.17, 15) is 4.79 Å². The maximum Gasteiger partial charge on any atom is 0.305 e. The zero-order valence-electron chi connectivity index (χ0n) is 12.6. The number of nitrogens with zero attached hydrogens (tertiary/aromatic N) is 1. The van der Waals surface area contributed by atoms with Crippen molar-refractivity contribution in [1.29, 1.82) is 0 Å². The number of rotatable bonds is 5. The highest BCUT2D eigenvalue weighted by Gasteiger charge is 2.26. The van der Waals surface area contributed by atoms with Gasteiger partial charge in [0.1, 0.15) is 0 Å². The van der Waals surface area contributed by atoms with Crippen molar-refractivity contribution in [2.75, 3.05) is 11.4 Å². The third-order valence-electron chi connectivity index (χ3n) is 4.31. The number of carboxylic acid groups (broad SMARTS) is 1. The summed E-state index contributed by atoms with van der Waals surface area (Å²) in [6.45, 7) is 0.954. The second-order valence-electron chi connectivity index (χ2n) is 5.92. The van der Waals surface area contributed by atoms with Gasteiger partial charge in [0.25, 0.3) is 0 Å². The maximum absolute atomic E-state index is 11.0. The smallest absolute Gasteiger partial charge is 0.305 e. The van der Waals surface area contributed by atoms with Gasteiger partial charge in [-0.15, -0.1) is 0 Å². The minimum Gasteiger partial charge on any atom is -0.481 e. The van der Waals surface area contributed by atoms with Gasteiger partial charge in [0.05, 0.1) is 6.42 Å². The van der Waals surface area contributed by atoms with E-state index in [1.54, 1.807) is 0 Å². The van der Waals surface area contributed by atoms with Crippen molar-refractivity contribution >= 4 is 11.7 Å². The molecule has 3 nitrogen and oxygen atoms in total. The minimum absolute atomic E-state index is 0.137. The fourth-order valence-corrected chi connectivity index (χ4v) is 3.23. The molecule has 114 valence electrons. The maximum atomic E-state index is 11.0. The van der Waals surface area contributed by atoms with E-state index in [1.165, 1.54) is 11.1 Å². The fourth-order valence-electron chi connectivity index (χ4n) is 3.23. The summed E-state index contributed by atoms with van der Waals surface area (Å²) in [4.78, 5) is 13.2. The van der Waals surface area contributed by atoms with Crippen LogP contribution in [0.2, 0.25) is 0 Å². The van der Waals surface area contributed by atoms with Crippen molar-refractivity contribution in [3.63, 3.8) is 0 Å². The molecule has 0 amide bonds. The molecular formula is C19H21NO2. The first-order chi connectivity index (χ1) is 10.7. The van der Waals surface area contributed by atoms with Crippen LogP contribution in [0.4, 0.5) is 5.69 Å². The van der Waals surface area contributed by atoms with Crippen LogP contribution < -0.4 is 4.90 Å². The molecule has 22 heavy (non-hydrogen) atoms. The molecule has 3 heteroatoms. The quantitative estimate of drug-likeness (QED) is 0.914. The number of benzene rings is 2. The van der Waals surface area contributed by atoms with Crippen molar-refractivity contribution < 1.29 is 9.90 Å². The molecule has 1 atom stereocenters. The van der Waals surface area contributed by atoms with Gasteiger partial charge in [-0.05, 0) is 42.5 Å². The van der Waals surface area contributed by atoms with E-state index in [0.29, 0.717) is 0 Å². The summed E-state index contributed by atoms with van der Waals surface area (Å²) in [6, 6.07) is 19.1. The van der Waals surface area contributed by atoms with Gasteiger partial charge in [-0.2, -0.15) is 0 Å². The second-order valence-corrected chi connectivity index (χ2v) is 5.92. The highest BCUT2D eigenvalue weighted by Crippen LogP contribution is 2.27. The average molecular weight is 295 g/mol. The molecule has 0 aliphatic carbocycles. The van der Waals surface area contributed by atoms with Gasteiger partial charge in [0.2, 0.25) is 0 Å². The molecule has 1 aliphatic rings. The Morgan fingerprint density at radius 1 is 1.05 bits per heavy atom. The Bertz CT molecular complexity index is 622. The van der Waals surface area contributed by atoms with Gasteiger partial charge in [-0.25, -0.2) is 0 Å². The zero-order chi connectivity index (χ0) is 15.4. The average Bonchev–Trinajstić information content (AvgIpc) is 2.96.